The average molecular weight is 303 g/mol. The minimum absolute atomic E-state index is 0.223. The van der Waals surface area contributed by atoms with E-state index in [9.17, 15) is 0 Å². The van der Waals surface area contributed by atoms with Gasteiger partial charge in [0.2, 0.25) is 5.82 Å². The predicted octanol–water partition coefficient (Wildman–Crippen LogP) is 4.01. The van der Waals surface area contributed by atoms with Crippen LogP contribution in [0.2, 0.25) is 0 Å². The number of halogens is 1. The summed E-state index contributed by atoms with van der Waals surface area (Å²) in [5.74, 6) is 1.50. The van der Waals surface area contributed by atoms with Crippen LogP contribution in [-0.4, -0.2) is 14.5 Å². The molecule has 110 valence electrons. The van der Waals surface area contributed by atoms with Crippen molar-refractivity contribution >= 4 is 22.6 Å². The lowest BCUT2D eigenvalue weighted by molar-refractivity contribution is 0.324. The minimum atomic E-state index is 0.223. The largest absolute Gasteiger partial charge is 0.328 e. The molecule has 0 radical (unpaired) electrons. The second-order valence-electron chi connectivity index (χ2n) is 5.80. The highest BCUT2D eigenvalue weighted by molar-refractivity contribution is 6.17. The molecule has 0 unspecified atom stereocenters. The van der Waals surface area contributed by atoms with Crippen molar-refractivity contribution in [3.8, 4) is 6.07 Å². The summed E-state index contributed by atoms with van der Waals surface area (Å²) in [6.45, 7) is 0.929. The zero-order chi connectivity index (χ0) is 14.7. The highest BCUT2D eigenvalue weighted by Gasteiger charge is 2.16. The van der Waals surface area contributed by atoms with E-state index in [0.29, 0.717) is 5.88 Å². The first-order valence-electron chi connectivity index (χ1n) is 7.63. The Bertz CT molecular complexity index is 665. The summed E-state index contributed by atoms with van der Waals surface area (Å²) in [6, 6.07) is 4.04. The number of aromatic nitrogens is 3. The first-order valence-corrected chi connectivity index (χ1v) is 8.16. The Kier molecular flexibility index (Phi) is 4.40. The number of hydrogen-bond donors (Lipinski definition) is 0. The molecule has 2 aromatic rings. The number of nitriles is 1. The molecule has 3 rings (SSSR count). The van der Waals surface area contributed by atoms with Crippen molar-refractivity contribution in [1.82, 2.24) is 14.5 Å². The second-order valence-corrected chi connectivity index (χ2v) is 6.07. The summed E-state index contributed by atoms with van der Waals surface area (Å²) in [5, 5.41) is 9.94. The number of aryl methyl sites for hydroxylation is 1. The zero-order valence-electron chi connectivity index (χ0n) is 12.1. The normalized spacial score (nSPS) is 16.2. The second kappa shape index (κ2) is 6.44. The summed E-state index contributed by atoms with van der Waals surface area (Å²) in [4.78, 5) is 8.39. The maximum absolute atomic E-state index is 8.98. The summed E-state index contributed by atoms with van der Waals surface area (Å²) in [6.07, 6.45) is 9.67. The van der Waals surface area contributed by atoms with Crippen LogP contribution < -0.4 is 0 Å². The standard InChI is InChI=1S/C16H19ClN4/c17-9-14-8-13-11-19-15(10-18)20-16(13)21(14)7-6-12-4-2-1-3-5-12/h8,11-12H,1-7,9H2. The van der Waals surface area contributed by atoms with Gasteiger partial charge in [0.25, 0.3) is 0 Å². The van der Waals surface area contributed by atoms with E-state index in [-0.39, 0.29) is 5.82 Å². The van der Waals surface area contributed by atoms with Crippen LogP contribution in [-0.2, 0) is 12.4 Å². The number of hydrogen-bond acceptors (Lipinski definition) is 3. The van der Waals surface area contributed by atoms with Gasteiger partial charge in [0.15, 0.2) is 0 Å². The Morgan fingerprint density at radius 1 is 1.33 bits per heavy atom. The molecule has 21 heavy (non-hydrogen) atoms. The molecule has 0 aromatic carbocycles. The van der Waals surface area contributed by atoms with Gasteiger partial charge in [-0.3, -0.25) is 0 Å². The van der Waals surface area contributed by atoms with Gasteiger partial charge in [0.1, 0.15) is 11.7 Å². The van der Waals surface area contributed by atoms with Crippen molar-refractivity contribution in [2.45, 2.75) is 50.9 Å². The van der Waals surface area contributed by atoms with E-state index in [2.05, 4.69) is 14.5 Å². The first kappa shape index (κ1) is 14.3. The smallest absolute Gasteiger partial charge is 0.234 e. The fourth-order valence-corrected chi connectivity index (χ4v) is 3.52. The SMILES string of the molecule is N#Cc1ncc2cc(CCl)n(CCC3CCCCC3)c2n1. The highest BCUT2D eigenvalue weighted by Crippen LogP contribution is 2.28. The quantitative estimate of drug-likeness (QED) is 0.802. The highest BCUT2D eigenvalue weighted by atomic mass is 35.5. The molecule has 0 atom stereocenters. The molecule has 2 heterocycles. The van der Waals surface area contributed by atoms with E-state index in [1.165, 1.54) is 38.5 Å². The van der Waals surface area contributed by atoms with E-state index >= 15 is 0 Å². The molecular formula is C16H19ClN4. The van der Waals surface area contributed by atoms with Crippen LogP contribution in [0.15, 0.2) is 12.3 Å². The Hall–Kier alpha value is -1.60. The molecular weight excluding hydrogens is 284 g/mol. The first-order chi connectivity index (χ1) is 10.3. The molecule has 1 aliphatic rings. The van der Waals surface area contributed by atoms with Gasteiger partial charge >= 0.3 is 0 Å². The lowest BCUT2D eigenvalue weighted by Gasteiger charge is -2.22. The van der Waals surface area contributed by atoms with E-state index in [1.54, 1.807) is 6.20 Å². The molecule has 0 saturated heterocycles. The average Bonchev–Trinajstić information content (AvgIpc) is 2.90. The Morgan fingerprint density at radius 3 is 2.86 bits per heavy atom. The minimum Gasteiger partial charge on any atom is -0.328 e. The fraction of sp³-hybridized carbons (Fsp3) is 0.562. The predicted molar refractivity (Wildman–Crippen MR) is 83.0 cm³/mol. The van der Waals surface area contributed by atoms with E-state index < -0.39 is 0 Å². The molecule has 4 nitrogen and oxygen atoms in total. The van der Waals surface area contributed by atoms with Gasteiger partial charge in [-0.2, -0.15) is 5.26 Å². The summed E-state index contributed by atoms with van der Waals surface area (Å²) in [7, 11) is 0. The topological polar surface area (TPSA) is 54.5 Å². The third-order valence-corrected chi connectivity index (χ3v) is 4.72. The molecule has 0 bridgehead atoms. The summed E-state index contributed by atoms with van der Waals surface area (Å²) in [5.41, 5.74) is 1.90. The van der Waals surface area contributed by atoms with Crippen LogP contribution >= 0.6 is 11.6 Å². The van der Waals surface area contributed by atoms with Crippen molar-refractivity contribution in [3.05, 3.63) is 23.8 Å². The van der Waals surface area contributed by atoms with Crippen molar-refractivity contribution in [1.29, 1.82) is 5.26 Å². The lowest BCUT2D eigenvalue weighted by atomic mass is 9.87. The fourth-order valence-electron chi connectivity index (χ4n) is 3.30. The van der Waals surface area contributed by atoms with Crippen molar-refractivity contribution in [3.63, 3.8) is 0 Å². The lowest BCUT2D eigenvalue weighted by Crippen LogP contribution is -2.11. The molecule has 5 heteroatoms. The maximum atomic E-state index is 8.98. The van der Waals surface area contributed by atoms with Gasteiger partial charge in [0.05, 0.1) is 5.88 Å². The summed E-state index contributed by atoms with van der Waals surface area (Å²) >= 11 is 6.06. The Balaban J connectivity index is 1.86. The number of nitrogens with zero attached hydrogens (tertiary/aromatic N) is 4. The van der Waals surface area contributed by atoms with E-state index in [0.717, 1.165) is 29.2 Å². The Labute approximate surface area is 129 Å². The molecule has 0 amide bonds. The molecule has 1 fully saturated rings. The number of alkyl halides is 1. The third-order valence-electron chi connectivity index (χ3n) is 4.44. The van der Waals surface area contributed by atoms with Crippen molar-refractivity contribution < 1.29 is 0 Å². The maximum Gasteiger partial charge on any atom is 0.234 e. The van der Waals surface area contributed by atoms with Gasteiger partial charge in [-0.15, -0.1) is 11.6 Å². The molecule has 0 N–H and O–H groups in total. The molecule has 0 spiro atoms. The van der Waals surface area contributed by atoms with Crippen LogP contribution in [0.4, 0.5) is 0 Å². The van der Waals surface area contributed by atoms with Crippen LogP contribution in [0.3, 0.4) is 0 Å². The van der Waals surface area contributed by atoms with Gasteiger partial charge in [0, 0.05) is 23.8 Å². The number of rotatable bonds is 4. The van der Waals surface area contributed by atoms with Crippen LogP contribution in [0.25, 0.3) is 11.0 Å². The van der Waals surface area contributed by atoms with Gasteiger partial charge < -0.3 is 4.57 Å². The molecule has 2 aromatic heterocycles. The van der Waals surface area contributed by atoms with E-state index in [4.69, 9.17) is 16.9 Å². The van der Waals surface area contributed by atoms with Crippen LogP contribution in [0.1, 0.15) is 50.0 Å². The van der Waals surface area contributed by atoms with Gasteiger partial charge in [-0.25, -0.2) is 9.97 Å². The van der Waals surface area contributed by atoms with Gasteiger partial charge in [-0.1, -0.05) is 32.1 Å². The van der Waals surface area contributed by atoms with Gasteiger partial charge in [-0.05, 0) is 18.4 Å². The molecule has 1 aliphatic carbocycles. The Morgan fingerprint density at radius 2 is 2.14 bits per heavy atom. The van der Waals surface area contributed by atoms with Crippen LogP contribution in [0.5, 0.6) is 0 Å². The van der Waals surface area contributed by atoms with E-state index in [1.807, 2.05) is 12.1 Å². The third kappa shape index (κ3) is 3.03. The zero-order valence-corrected chi connectivity index (χ0v) is 12.8. The number of fused-ring (bicyclic) bond motifs is 1. The summed E-state index contributed by atoms with van der Waals surface area (Å²) < 4.78 is 2.17. The van der Waals surface area contributed by atoms with Crippen LogP contribution in [0, 0.1) is 17.2 Å². The molecule has 1 saturated carbocycles. The van der Waals surface area contributed by atoms with Crippen molar-refractivity contribution in [2.75, 3.05) is 0 Å². The monoisotopic (exact) mass is 302 g/mol. The molecule has 0 aliphatic heterocycles. The van der Waals surface area contributed by atoms with Crippen molar-refractivity contribution in [2.24, 2.45) is 5.92 Å².